The van der Waals surface area contributed by atoms with Gasteiger partial charge in [0.1, 0.15) is 22.7 Å². The first kappa shape index (κ1) is 25.8. The molecule has 0 radical (unpaired) electrons. The van der Waals surface area contributed by atoms with Crippen LogP contribution in [0.1, 0.15) is 89.6 Å². The van der Waals surface area contributed by atoms with Gasteiger partial charge in [0, 0.05) is 5.56 Å². The Balaban J connectivity index is 0.000000229. The predicted octanol–water partition coefficient (Wildman–Crippen LogP) is 7.53. The number of hydrogen-bond donors (Lipinski definition) is 1. The van der Waals surface area contributed by atoms with Gasteiger partial charge in [-0.15, -0.1) is 0 Å². The second-order valence-corrected chi connectivity index (χ2v) is 10.2. The minimum Gasteiger partial charge on any atom is -0.495 e. The van der Waals surface area contributed by atoms with Crippen molar-refractivity contribution in [1.29, 1.82) is 0 Å². The van der Waals surface area contributed by atoms with Gasteiger partial charge in [-0.25, -0.2) is 4.79 Å². The average Bonchev–Trinajstić information content (AvgIpc) is 2.72. The van der Waals surface area contributed by atoms with Crippen LogP contribution in [0.5, 0.6) is 11.5 Å². The minimum atomic E-state index is -0.977. The van der Waals surface area contributed by atoms with Crippen LogP contribution in [0.4, 0.5) is 0 Å². The summed E-state index contributed by atoms with van der Waals surface area (Å²) in [4.78, 5) is 11.1. The molecule has 0 unspecified atom stereocenters. The van der Waals surface area contributed by atoms with Crippen LogP contribution in [0.3, 0.4) is 0 Å². The Labute approximate surface area is 194 Å². The molecule has 0 saturated heterocycles. The van der Waals surface area contributed by atoms with Gasteiger partial charge in [-0.1, -0.05) is 49.3 Å². The Kier molecular flexibility index (Phi) is 8.77. The Hall–Kier alpha value is -2.49. The summed E-state index contributed by atoms with van der Waals surface area (Å²) in [5.41, 5.74) is 4.18. The summed E-state index contributed by atoms with van der Waals surface area (Å²) in [5.74, 6) is 0.170. The molecular formula is C28H40O4. The van der Waals surface area contributed by atoms with Crippen molar-refractivity contribution in [2.24, 2.45) is 5.41 Å². The molecule has 0 fully saturated rings. The van der Waals surface area contributed by atoms with E-state index in [1.54, 1.807) is 6.07 Å². The quantitative estimate of drug-likeness (QED) is 0.483. The third-order valence-electron chi connectivity index (χ3n) is 6.03. The third kappa shape index (κ3) is 7.58. The highest BCUT2D eigenvalue weighted by molar-refractivity contribution is 5.92. The largest absolute Gasteiger partial charge is 0.495 e. The molecule has 1 N–H and O–H groups in total. The zero-order valence-electron chi connectivity index (χ0n) is 20.9. The number of rotatable bonds is 2. The fourth-order valence-electron chi connectivity index (χ4n) is 3.92. The zero-order chi connectivity index (χ0) is 23.9. The van der Waals surface area contributed by atoms with Crippen LogP contribution in [0.25, 0.3) is 0 Å². The highest BCUT2D eigenvalue weighted by Crippen LogP contribution is 2.40. The zero-order valence-corrected chi connectivity index (χ0v) is 20.9. The fourth-order valence-corrected chi connectivity index (χ4v) is 3.92. The summed E-state index contributed by atoms with van der Waals surface area (Å²) < 4.78 is 11.0. The van der Waals surface area contributed by atoms with Crippen LogP contribution < -0.4 is 9.47 Å². The number of carbonyl (C=O) groups is 1. The van der Waals surface area contributed by atoms with E-state index in [0.717, 1.165) is 37.0 Å². The van der Waals surface area contributed by atoms with E-state index >= 15 is 0 Å². The standard InChI is InChI=1S/C15H24.C13H16O4/c1-13-7-5-8-14(2)10-12-15(3,4)11-6-9-13;1-13(2)7-6-8-10(17-13)5-4-9(12(14)15)11(8)16-3/h6-7,10-11H,5,8-9,12H2,1-4H3;4-5H,6-7H2,1-3H3,(H,14,15). The fraction of sp³-hybridized carbons (Fsp3) is 0.536. The molecule has 1 aromatic rings. The lowest BCUT2D eigenvalue weighted by molar-refractivity contribution is 0.0690. The molecule has 3 rings (SSSR count). The molecular weight excluding hydrogens is 400 g/mol. The van der Waals surface area contributed by atoms with Gasteiger partial charge in [0.15, 0.2) is 0 Å². The number of hydrogen-bond acceptors (Lipinski definition) is 3. The van der Waals surface area contributed by atoms with Gasteiger partial charge in [0.25, 0.3) is 0 Å². The number of allylic oxidation sites excluding steroid dienone is 6. The Morgan fingerprint density at radius 2 is 1.78 bits per heavy atom. The molecule has 0 spiro atoms. The molecule has 2 aliphatic rings. The van der Waals surface area contributed by atoms with Crippen molar-refractivity contribution < 1.29 is 19.4 Å². The molecule has 176 valence electrons. The van der Waals surface area contributed by atoms with E-state index in [0.29, 0.717) is 11.2 Å². The van der Waals surface area contributed by atoms with Gasteiger partial charge in [0.05, 0.1) is 7.11 Å². The molecule has 0 bridgehead atoms. The van der Waals surface area contributed by atoms with Crippen molar-refractivity contribution in [3.63, 3.8) is 0 Å². The van der Waals surface area contributed by atoms with Gasteiger partial charge in [0.2, 0.25) is 0 Å². The number of carboxylic acid groups (broad SMARTS) is 1. The van der Waals surface area contributed by atoms with E-state index < -0.39 is 5.97 Å². The summed E-state index contributed by atoms with van der Waals surface area (Å²) in [7, 11) is 1.49. The monoisotopic (exact) mass is 440 g/mol. The maximum Gasteiger partial charge on any atom is 0.339 e. The lowest BCUT2D eigenvalue weighted by Gasteiger charge is -2.33. The van der Waals surface area contributed by atoms with Crippen LogP contribution in [-0.2, 0) is 6.42 Å². The second-order valence-electron chi connectivity index (χ2n) is 10.2. The van der Waals surface area contributed by atoms with Crippen molar-refractivity contribution >= 4 is 5.97 Å². The van der Waals surface area contributed by atoms with Gasteiger partial charge < -0.3 is 14.6 Å². The normalized spacial score (nSPS) is 19.6. The van der Waals surface area contributed by atoms with Crippen molar-refractivity contribution in [2.75, 3.05) is 7.11 Å². The van der Waals surface area contributed by atoms with Crippen LogP contribution in [0.2, 0.25) is 0 Å². The lowest BCUT2D eigenvalue weighted by atomic mass is 9.87. The highest BCUT2D eigenvalue weighted by Gasteiger charge is 2.30. The Morgan fingerprint density at radius 1 is 1.06 bits per heavy atom. The molecule has 0 atom stereocenters. The Bertz CT molecular complexity index is 900. The van der Waals surface area contributed by atoms with E-state index in [2.05, 4.69) is 52.0 Å². The summed E-state index contributed by atoms with van der Waals surface area (Å²) in [6.07, 6.45) is 15.8. The molecule has 1 aromatic carbocycles. The van der Waals surface area contributed by atoms with Gasteiger partial charge in [-0.3, -0.25) is 0 Å². The number of benzene rings is 1. The van der Waals surface area contributed by atoms with E-state index in [1.165, 1.54) is 37.2 Å². The van der Waals surface area contributed by atoms with Crippen LogP contribution >= 0.6 is 0 Å². The van der Waals surface area contributed by atoms with Crippen molar-refractivity contribution in [3.05, 3.63) is 58.7 Å². The second kappa shape index (κ2) is 10.9. The lowest BCUT2D eigenvalue weighted by Crippen LogP contribution is -2.32. The molecule has 0 aromatic heterocycles. The van der Waals surface area contributed by atoms with E-state index in [-0.39, 0.29) is 11.2 Å². The highest BCUT2D eigenvalue weighted by atomic mass is 16.5. The minimum absolute atomic E-state index is 0.189. The average molecular weight is 441 g/mol. The molecule has 32 heavy (non-hydrogen) atoms. The van der Waals surface area contributed by atoms with Crippen LogP contribution in [-0.4, -0.2) is 23.8 Å². The van der Waals surface area contributed by atoms with Gasteiger partial charge in [-0.2, -0.15) is 0 Å². The van der Waals surface area contributed by atoms with Crippen molar-refractivity contribution in [1.82, 2.24) is 0 Å². The molecule has 0 saturated carbocycles. The first-order valence-corrected chi connectivity index (χ1v) is 11.6. The molecule has 0 amide bonds. The van der Waals surface area contributed by atoms with E-state index in [1.807, 2.05) is 13.8 Å². The number of methoxy groups -OCH3 is 1. The summed E-state index contributed by atoms with van der Waals surface area (Å²) in [6, 6.07) is 3.24. The first-order chi connectivity index (χ1) is 14.9. The maximum atomic E-state index is 11.1. The molecule has 4 nitrogen and oxygen atoms in total. The predicted molar refractivity (Wildman–Crippen MR) is 132 cm³/mol. The topological polar surface area (TPSA) is 55.8 Å². The van der Waals surface area contributed by atoms with Crippen LogP contribution in [0, 0.1) is 5.41 Å². The van der Waals surface area contributed by atoms with E-state index in [9.17, 15) is 4.79 Å². The number of fused-ring (bicyclic) bond motifs is 1. The molecule has 1 aliphatic heterocycles. The van der Waals surface area contributed by atoms with Crippen molar-refractivity contribution in [2.45, 2.75) is 85.7 Å². The Morgan fingerprint density at radius 3 is 2.44 bits per heavy atom. The smallest absolute Gasteiger partial charge is 0.339 e. The van der Waals surface area contributed by atoms with Gasteiger partial charge >= 0.3 is 5.97 Å². The van der Waals surface area contributed by atoms with E-state index in [4.69, 9.17) is 14.6 Å². The maximum absolute atomic E-state index is 11.1. The number of carboxylic acids is 1. The van der Waals surface area contributed by atoms with Crippen LogP contribution in [0.15, 0.2) is 47.6 Å². The third-order valence-corrected chi connectivity index (χ3v) is 6.03. The van der Waals surface area contributed by atoms with Gasteiger partial charge in [-0.05, 0) is 83.8 Å². The SMILES string of the molecule is CC1=CCCC(C)=CCC(C)(C)C=CC1.COc1c(C(=O)O)ccc2c1CCC(C)(C)O2. The summed E-state index contributed by atoms with van der Waals surface area (Å²) >= 11 is 0. The first-order valence-electron chi connectivity index (χ1n) is 11.6. The molecule has 1 aliphatic carbocycles. The summed E-state index contributed by atoms with van der Waals surface area (Å²) in [5, 5.41) is 9.08. The number of aromatic carboxylic acids is 1. The van der Waals surface area contributed by atoms with Crippen molar-refractivity contribution in [3.8, 4) is 11.5 Å². The molecule has 4 heteroatoms. The summed E-state index contributed by atoms with van der Waals surface area (Å²) in [6.45, 7) is 13.1. The number of ether oxygens (including phenoxy) is 2. The molecule has 1 heterocycles.